The van der Waals surface area contributed by atoms with Crippen molar-refractivity contribution >= 4 is 38.5 Å². The molecule has 3 rings (SSSR count). The SMILES string of the molecule is COCCOc1ccc(Br)cc1C(=O)NNC(=O)COc1ccc2ccccc2c1. The number of methoxy groups -OCH3 is 1. The van der Waals surface area contributed by atoms with Crippen LogP contribution in [0.5, 0.6) is 11.5 Å². The van der Waals surface area contributed by atoms with Crippen molar-refractivity contribution in [3.63, 3.8) is 0 Å². The third kappa shape index (κ3) is 5.95. The average molecular weight is 473 g/mol. The quantitative estimate of drug-likeness (QED) is 0.387. The summed E-state index contributed by atoms with van der Waals surface area (Å²) in [4.78, 5) is 24.5. The zero-order chi connectivity index (χ0) is 21.3. The van der Waals surface area contributed by atoms with Gasteiger partial charge in [-0.2, -0.15) is 0 Å². The molecule has 0 aromatic heterocycles. The van der Waals surface area contributed by atoms with Crippen molar-refractivity contribution in [2.75, 3.05) is 26.9 Å². The van der Waals surface area contributed by atoms with Crippen LogP contribution in [-0.4, -0.2) is 38.7 Å². The Hall–Kier alpha value is -3.10. The fraction of sp³-hybridized carbons (Fsp3) is 0.182. The molecule has 8 heteroatoms. The third-order valence-electron chi connectivity index (χ3n) is 4.14. The monoisotopic (exact) mass is 472 g/mol. The molecule has 0 aliphatic carbocycles. The minimum absolute atomic E-state index is 0.242. The molecule has 0 spiro atoms. The van der Waals surface area contributed by atoms with Crippen molar-refractivity contribution in [1.82, 2.24) is 10.9 Å². The Balaban J connectivity index is 1.53. The summed E-state index contributed by atoms with van der Waals surface area (Å²) in [6.45, 7) is 0.443. The van der Waals surface area contributed by atoms with Crippen LogP contribution < -0.4 is 20.3 Å². The standard InChI is InChI=1S/C22H21BrN2O5/c1-28-10-11-29-20-9-7-17(23)13-19(20)22(27)25-24-21(26)14-30-18-8-6-15-4-2-3-5-16(15)12-18/h2-9,12-13H,10-11,14H2,1H3,(H,24,26)(H,25,27). The molecule has 30 heavy (non-hydrogen) atoms. The van der Waals surface area contributed by atoms with Gasteiger partial charge >= 0.3 is 0 Å². The molecule has 3 aromatic rings. The van der Waals surface area contributed by atoms with Crippen molar-refractivity contribution in [2.45, 2.75) is 0 Å². The van der Waals surface area contributed by atoms with Gasteiger partial charge in [-0.05, 0) is 41.1 Å². The van der Waals surface area contributed by atoms with Gasteiger partial charge in [0.15, 0.2) is 6.61 Å². The van der Waals surface area contributed by atoms with E-state index in [1.165, 1.54) is 0 Å². The molecule has 0 saturated carbocycles. The third-order valence-corrected chi connectivity index (χ3v) is 4.63. The van der Waals surface area contributed by atoms with E-state index >= 15 is 0 Å². The Morgan fingerprint density at radius 1 is 0.900 bits per heavy atom. The van der Waals surface area contributed by atoms with E-state index in [1.54, 1.807) is 31.4 Å². The number of carbonyl (C=O) groups excluding carboxylic acids is 2. The van der Waals surface area contributed by atoms with Crippen molar-refractivity contribution in [1.29, 1.82) is 0 Å². The molecule has 7 nitrogen and oxygen atoms in total. The van der Waals surface area contributed by atoms with Crippen LogP contribution >= 0.6 is 15.9 Å². The molecule has 0 aliphatic rings. The molecular weight excluding hydrogens is 452 g/mol. The van der Waals surface area contributed by atoms with E-state index in [2.05, 4.69) is 26.8 Å². The summed E-state index contributed by atoms with van der Waals surface area (Å²) >= 11 is 3.33. The van der Waals surface area contributed by atoms with E-state index < -0.39 is 11.8 Å². The summed E-state index contributed by atoms with van der Waals surface area (Å²) in [5, 5.41) is 2.10. The van der Waals surface area contributed by atoms with Gasteiger partial charge in [-0.1, -0.05) is 46.3 Å². The van der Waals surface area contributed by atoms with Gasteiger partial charge in [0.2, 0.25) is 0 Å². The van der Waals surface area contributed by atoms with Gasteiger partial charge < -0.3 is 14.2 Å². The Morgan fingerprint density at radius 3 is 2.50 bits per heavy atom. The zero-order valence-corrected chi connectivity index (χ0v) is 17.9. The summed E-state index contributed by atoms with van der Waals surface area (Å²) in [6, 6.07) is 18.4. The molecule has 0 saturated heterocycles. The summed E-state index contributed by atoms with van der Waals surface area (Å²) < 4.78 is 16.7. The molecule has 3 aromatic carbocycles. The van der Waals surface area contributed by atoms with Crippen molar-refractivity contribution in [3.05, 3.63) is 70.7 Å². The van der Waals surface area contributed by atoms with Crippen LogP contribution in [0.4, 0.5) is 0 Å². The average Bonchev–Trinajstić information content (AvgIpc) is 2.77. The number of amides is 2. The first kappa shape index (κ1) is 21.6. The minimum atomic E-state index is -0.511. The van der Waals surface area contributed by atoms with Gasteiger partial charge in [0.1, 0.15) is 18.1 Å². The first-order valence-electron chi connectivity index (χ1n) is 9.19. The second-order valence-electron chi connectivity index (χ2n) is 6.28. The second kappa shape index (κ2) is 10.6. The maximum absolute atomic E-state index is 12.5. The predicted molar refractivity (Wildman–Crippen MR) is 117 cm³/mol. The molecule has 0 atom stereocenters. The van der Waals surface area contributed by atoms with E-state index in [-0.39, 0.29) is 12.2 Å². The molecular formula is C22H21BrN2O5. The van der Waals surface area contributed by atoms with Gasteiger partial charge in [-0.15, -0.1) is 0 Å². The molecule has 2 amide bonds. The maximum Gasteiger partial charge on any atom is 0.276 e. The lowest BCUT2D eigenvalue weighted by molar-refractivity contribution is -0.123. The summed E-state index contributed by atoms with van der Waals surface area (Å²) in [6.07, 6.45) is 0. The lowest BCUT2D eigenvalue weighted by Gasteiger charge is -2.13. The van der Waals surface area contributed by atoms with E-state index in [0.717, 1.165) is 10.8 Å². The normalized spacial score (nSPS) is 10.5. The van der Waals surface area contributed by atoms with E-state index in [9.17, 15) is 9.59 Å². The number of halogens is 1. The van der Waals surface area contributed by atoms with Crippen LogP contribution in [0, 0.1) is 0 Å². The number of ether oxygens (including phenoxy) is 3. The van der Waals surface area contributed by atoms with Crippen molar-refractivity contribution in [3.8, 4) is 11.5 Å². The largest absolute Gasteiger partial charge is 0.490 e. The first-order valence-corrected chi connectivity index (χ1v) is 9.98. The van der Waals surface area contributed by atoms with Gasteiger partial charge in [0.25, 0.3) is 11.8 Å². The predicted octanol–water partition coefficient (Wildman–Crippen LogP) is 3.47. The van der Waals surface area contributed by atoms with Crippen LogP contribution in [-0.2, 0) is 9.53 Å². The molecule has 156 valence electrons. The topological polar surface area (TPSA) is 85.9 Å². The number of carbonyl (C=O) groups is 2. The summed E-state index contributed by atoms with van der Waals surface area (Å²) in [5.41, 5.74) is 4.99. The Bertz CT molecular complexity index is 1040. The highest BCUT2D eigenvalue weighted by atomic mass is 79.9. The van der Waals surface area contributed by atoms with E-state index in [0.29, 0.717) is 29.2 Å². The van der Waals surface area contributed by atoms with Crippen LogP contribution in [0.15, 0.2) is 65.1 Å². The van der Waals surface area contributed by atoms with Gasteiger partial charge in [0, 0.05) is 11.6 Å². The highest BCUT2D eigenvalue weighted by Crippen LogP contribution is 2.23. The fourth-order valence-electron chi connectivity index (χ4n) is 2.68. The minimum Gasteiger partial charge on any atom is -0.490 e. The first-order chi connectivity index (χ1) is 14.6. The Labute approximate surface area is 182 Å². The lowest BCUT2D eigenvalue weighted by Crippen LogP contribution is -2.44. The second-order valence-corrected chi connectivity index (χ2v) is 7.20. The van der Waals surface area contributed by atoms with E-state index in [1.807, 2.05) is 36.4 Å². The Morgan fingerprint density at radius 2 is 1.70 bits per heavy atom. The lowest BCUT2D eigenvalue weighted by atomic mass is 10.1. The van der Waals surface area contributed by atoms with Gasteiger partial charge in [-0.25, -0.2) is 0 Å². The fourth-order valence-corrected chi connectivity index (χ4v) is 3.04. The van der Waals surface area contributed by atoms with E-state index in [4.69, 9.17) is 14.2 Å². The number of rotatable bonds is 8. The molecule has 0 bridgehead atoms. The zero-order valence-electron chi connectivity index (χ0n) is 16.3. The molecule has 0 unspecified atom stereocenters. The molecule has 0 radical (unpaired) electrons. The molecule has 0 heterocycles. The summed E-state index contributed by atoms with van der Waals surface area (Å²) in [7, 11) is 1.56. The van der Waals surface area contributed by atoms with Crippen LogP contribution in [0.2, 0.25) is 0 Å². The van der Waals surface area contributed by atoms with Crippen LogP contribution in [0.1, 0.15) is 10.4 Å². The highest BCUT2D eigenvalue weighted by molar-refractivity contribution is 9.10. The number of hydrogen-bond donors (Lipinski definition) is 2. The van der Waals surface area contributed by atoms with Crippen LogP contribution in [0.3, 0.4) is 0 Å². The smallest absolute Gasteiger partial charge is 0.276 e. The van der Waals surface area contributed by atoms with Crippen molar-refractivity contribution in [2.24, 2.45) is 0 Å². The number of nitrogens with one attached hydrogen (secondary N) is 2. The van der Waals surface area contributed by atoms with Crippen LogP contribution in [0.25, 0.3) is 10.8 Å². The Kier molecular flexibility index (Phi) is 7.64. The number of hydrogen-bond acceptors (Lipinski definition) is 5. The maximum atomic E-state index is 12.5. The van der Waals surface area contributed by atoms with Crippen molar-refractivity contribution < 1.29 is 23.8 Å². The number of fused-ring (bicyclic) bond motifs is 1. The number of hydrazine groups is 1. The highest BCUT2D eigenvalue weighted by Gasteiger charge is 2.14. The molecule has 0 fully saturated rings. The number of benzene rings is 3. The summed E-state index contributed by atoms with van der Waals surface area (Å²) in [5.74, 6) is -0.0541. The van der Waals surface area contributed by atoms with Gasteiger partial charge in [0.05, 0.1) is 12.2 Å². The van der Waals surface area contributed by atoms with Gasteiger partial charge in [-0.3, -0.25) is 20.4 Å². The molecule has 0 aliphatic heterocycles. The molecule has 2 N–H and O–H groups in total.